The predicted molar refractivity (Wildman–Crippen MR) is 96.9 cm³/mol. The molecule has 130 valence electrons. The first-order valence-electron chi connectivity index (χ1n) is 8.84. The van der Waals surface area contributed by atoms with Gasteiger partial charge in [-0.2, -0.15) is 5.10 Å². The fourth-order valence-electron chi connectivity index (χ4n) is 3.20. The zero-order chi connectivity index (χ0) is 16.9. The summed E-state index contributed by atoms with van der Waals surface area (Å²) in [6, 6.07) is 6.53. The number of aromatic nitrogens is 2. The van der Waals surface area contributed by atoms with Crippen molar-refractivity contribution in [1.82, 2.24) is 20.4 Å². The molecule has 2 aromatic rings. The molecular weight excluding hydrogens is 300 g/mol. The second kappa shape index (κ2) is 7.92. The molecule has 0 aliphatic carbocycles. The van der Waals surface area contributed by atoms with Gasteiger partial charge in [-0.3, -0.25) is 5.10 Å². The molecule has 24 heavy (non-hydrogen) atoms. The molecule has 1 saturated heterocycles. The molecule has 0 spiro atoms. The Labute approximate surface area is 144 Å². The number of nitrogens with zero attached hydrogens (tertiary/aromatic N) is 2. The summed E-state index contributed by atoms with van der Waals surface area (Å²) >= 11 is 0. The van der Waals surface area contributed by atoms with Gasteiger partial charge in [0, 0.05) is 43.9 Å². The van der Waals surface area contributed by atoms with Crippen molar-refractivity contribution in [2.45, 2.75) is 39.3 Å². The average Bonchev–Trinajstić information content (AvgIpc) is 3.04. The van der Waals surface area contributed by atoms with E-state index in [0.29, 0.717) is 0 Å². The number of rotatable bonds is 6. The zero-order valence-electron chi connectivity index (χ0n) is 14.7. The van der Waals surface area contributed by atoms with Gasteiger partial charge >= 0.3 is 0 Å². The molecule has 3 rings (SSSR count). The lowest BCUT2D eigenvalue weighted by atomic mass is 10.0. The van der Waals surface area contributed by atoms with Crippen molar-refractivity contribution in [2.75, 3.05) is 26.2 Å². The van der Waals surface area contributed by atoms with Crippen LogP contribution in [0.5, 0.6) is 0 Å². The molecule has 0 saturated carbocycles. The highest BCUT2D eigenvalue weighted by molar-refractivity contribution is 5.64. The third-order valence-corrected chi connectivity index (χ3v) is 4.99. The van der Waals surface area contributed by atoms with E-state index in [9.17, 15) is 5.11 Å². The van der Waals surface area contributed by atoms with E-state index >= 15 is 0 Å². The Hall–Kier alpha value is -1.69. The number of hydrogen-bond acceptors (Lipinski definition) is 4. The van der Waals surface area contributed by atoms with E-state index in [1.807, 2.05) is 6.20 Å². The van der Waals surface area contributed by atoms with Gasteiger partial charge in [-0.1, -0.05) is 12.1 Å². The minimum Gasteiger partial charge on any atom is -0.393 e. The third kappa shape index (κ3) is 4.23. The first-order chi connectivity index (χ1) is 11.6. The lowest BCUT2D eigenvalue weighted by Gasteiger charge is -2.29. The lowest BCUT2D eigenvalue weighted by molar-refractivity contribution is 0.0830. The van der Waals surface area contributed by atoms with Gasteiger partial charge in [0.15, 0.2) is 0 Å². The van der Waals surface area contributed by atoms with Crippen molar-refractivity contribution in [2.24, 2.45) is 0 Å². The number of piperidine rings is 1. The molecule has 5 nitrogen and oxygen atoms in total. The van der Waals surface area contributed by atoms with Crippen LogP contribution in [0.15, 0.2) is 24.4 Å². The molecule has 1 aliphatic heterocycles. The van der Waals surface area contributed by atoms with E-state index in [2.05, 4.69) is 52.5 Å². The molecule has 0 atom stereocenters. The normalized spacial score (nSPS) is 16.6. The van der Waals surface area contributed by atoms with E-state index in [0.717, 1.165) is 51.3 Å². The van der Waals surface area contributed by atoms with Crippen LogP contribution in [0, 0.1) is 13.8 Å². The molecule has 0 radical (unpaired) electrons. The molecule has 0 amide bonds. The summed E-state index contributed by atoms with van der Waals surface area (Å²) < 4.78 is 0. The SMILES string of the molecule is Cc1ccc(-c2[nH]ncc2CNCCN2CCC(O)CC2)cc1C. The Morgan fingerprint density at radius 3 is 2.79 bits per heavy atom. The van der Waals surface area contributed by atoms with E-state index in [1.54, 1.807) is 0 Å². The van der Waals surface area contributed by atoms with Gasteiger partial charge in [0.25, 0.3) is 0 Å². The van der Waals surface area contributed by atoms with Crippen molar-refractivity contribution in [3.8, 4) is 11.3 Å². The second-order valence-corrected chi connectivity index (χ2v) is 6.82. The number of hydrogen-bond donors (Lipinski definition) is 3. The predicted octanol–water partition coefficient (Wildman–Crippen LogP) is 2.24. The summed E-state index contributed by atoms with van der Waals surface area (Å²) in [4.78, 5) is 2.42. The summed E-state index contributed by atoms with van der Waals surface area (Å²) in [5.41, 5.74) is 6.11. The maximum Gasteiger partial charge on any atom is 0.0695 e. The molecular formula is C19H28N4O. The van der Waals surface area contributed by atoms with Crippen molar-refractivity contribution in [1.29, 1.82) is 0 Å². The summed E-state index contributed by atoms with van der Waals surface area (Å²) in [5, 5.41) is 20.4. The van der Waals surface area contributed by atoms with Crippen LogP contribution >= 0.6 is 0 Å². The third-order valence-electron chi connectivity index (χ3n) is 4.99. The van der Waals surface area contributed by atoms with E-state index < -0.39 is 0 Å². The Kier molecular flexibility index (Phi) is 5.66. The van der Waals surface area contributed by atoms with Crippen molar-refractivity contribution < 1.29 is 5.11 Å². The molecule has 3 N–H and O–H groups in total. The van der Waals surface area contributed by atoms with E-state index in [4.69, 9.17) is 0 Å². The zero-order valence-corrected chi connectivity index (χ0v) is 14.7. The highest BCUT2D eigenvalue weighted by Crippen LogP contribution is 2.23. The first kappa shape index (κ1) is 17.1. The van der Waals surface area contributed by atoms with Crippen LogP contribution in [0.3, 0.4) is 0 Å². The number of aryl methyl sites for hydroxylation is 2. The van der Waals surface area contributed by atoms with Crippen molar-refractivity contribution >= 4 is 0 Å². The smallest absolute Gasteiger partial charge is 0.0695 e. The van der Waals surface area contributed by atoms with Gasteiger partial charge in [-0.25, -0.2) is 0 Å². The van der Waals surface area contributed by atoms with Gasteiger partial charge < -0.3 is 15.3 Å². The topological polar surface area (TPSA) is 64.2 Å². The Balaban J connectivity index is 1.51. The number of benzene rings is 1. The molecule has 2 heterocycles. The minimum atomic E-state index is -0.0966. The Morgan fingerprint density at radius 2 is 2.04 bits per heavy atom. The maximum atomic E-state index is 9.55. The molecule has 1 aliphatic rings. The quantitative estimate of drug-likeness (QED) is 0.712. The summed E-state index contributed by atoms with van der Waals surface area (Å²) in [7, 11) is 0. The van der Waals surface area contributed by atoms with Crippen LogP contribution < -0.4 is 5.32 Å². The summed E-state index contributed by atoms with van der Waals surface area (Å²) in [6.45, 7) is 9.08. The van der Waals surface area contributed by atoms with Crippen molar-refractivity contribution in [3.63, 3.8) is 0 Å². The molecule has 1 aromatic carbocycles. The van der Waals surface area contributed by atoms with Crippen LogP contribution in [0.4, 0.5) is 0 Å². The molecule has 0 bridgehead atoms. The van der Waals surface area contributed by atoms with Crippen LogP contribution in [-0.4, -0.2) is 52.5 Å². The fourth-order valence-corrected chi connectivity index (χ4v) is 3.20. The monoisotopic (exact) mass is 328 g/mol. The van der Waals surface area contributed by atoms with Gasteiger partial charge in [-0.05, 0) is 43.9 Å². The lowest BCUT2D eigenvalue weighted by Crippen LogP contribution is -2.39. The highest BCUT2D eigenvalue weighted by Gasteiger charge is 2.16. The van der Waals surface area contributed by atoms with Crippen LogP contribution in [0.25, 0.3) is 11.3 Å². The second-order valence-electron chi connectivity index (χ2n) is 6.82. The molecule has 0 unspecified atom stereocenters. The highest BCUT2D eigenvalue weighted by atomic mass is 16.3. The number of H-pyrrole nitrogens is 1. The van der Waals surface area contributed by atoms with Crippen LogP contribution in [-0.2, 0) is 6.54 Å². The van der Waals surface area contributed by atoms with Crippen LogP contribution in [0.1, 0.15) is 29.5 Å². The average molecular weight is 328 g/mol. The Morgan fingerprint density at radius 1 is 1.25 bits per heavy atom. The van der Waals surface area contributed by atoms with Crippen molar-refractivity contribution in [3.05, 3.63) is 41.1 Å². The Bertz CT molecular complexity index is 659. The number of aliphatic hydroxyl groups excluding tert-OH is 1. The molecule has 1 fully saturated rings. The minimum absolute atomic E-state index is 0.0966. The number of nitrogens with one attached hydrogen (secondary N) is 2. The molecule has 5 heteroatoms. The number of aliphatic hydroxyl groups is 1. The van der Waals surface area contributed by atoms with Gasteiger partial charge in [0.1, 0.15) is 0 Å². The maximum absolute atomic E-state index is 9.55. The van der Waals surface area contributed by atoms with E-state index in [1.165, 1.54) is 22.3 Å². The standard InChI is InChI=1S/C19H28N4O/c1-14-3-4-16(11-15(14)2)19-17(13-21-22-19)12-20-7-10-23-8-5-18(24)6-9-23/h3-4,11,13,18,20,24H,5-10,12H2,1-2H3,(H,21,22). The van der Waals surface area contributed by atoms with E-state index in [-0.39, 0.29) is 6.10 Å². The number of aromatic amines is 1. The molecule has 1 aromatic heterocycles. The summed E-state index contributed by atoms with van der Waals surface area (Å²) in [6.07, 6.45) is 3.62. The summed E-state index contributed by atoms with van der Waals surface area (Å²) in [5.74, 6) is 0. The largest absolute Gasteiger partial charge is 0.393 e. The first-order valence-corrected chi connectivity index (χ1v) is 8.84. The van der Waals surface area contributed by atoms with Gasteiger partial charge in [-0.15, -0.1) is 0 Å². The van der Waals surface area contributed by atoms with Crippen LogP contribution in [0.2, 0.25) is 0 Å². The van der Waals surface area contributed by atoms with Gasteiger partial charge in [0.2, 0.25) is 0 Å². The fraction of sp³-hybridized carbons (Fsp3) is 0.526. The number of likely N-dealkylation sites (tertiary alicyclic amines) is 1. The van der Waals surface area contributed by atoms with Gasteiger partial charge in [0.05, 0.1) is 18.0 Å².